The van der Waals surface area contributed by atoms with Gasteiger partial charge in [0, 0.05) is 12.1 Å². The van der Waals surface area contributed by atoms with Crippen LogP contribution in [0, 0.1) is 0 Å². The fourth-order valence-electron chi connectivity index (χ4n) is 1.85. The molecule has 106 valence electrons. The van der Waals surface area contributed by atoms with Gasteiger partial charge in [-0.05, 0) is 37.3 Å². The predicted octanol–water partition coefficient (Wildman–Crippen LogP) is 0.768. The van der Waals surface area contributed by atoms with Crippen LogP contribution in [0.2, 0.25) is 0 Å². The second-order valence-electron chi connectivity index (χ2n) is 5.05. The zero-order valence-corrected chi connectivity index (χ0v) is 11.3. The number of carboxylic acid groups (broad SMARTS) is 1. The van der Waals surface area contributed by atoms with E-state index in [0.29, 0.717) is 6.42 Å². The monoisotopic (exact) mass is 265 g/mol. The van der Waals surface area contributed by atoms with E-state index in [9.17, 15) is 4.79 Å². The van der Waals surface area contributed by atoms with E-state index in [4.69, 9.17) is 22.3 Å². The van der Waals surface area contributed by atoms with Gasteiger partial charge in [0.1, 0.15) is 6.04 Å². The maximum Gasteiger partial charge on any atom is 0.320 e. The molecule has 0 aliphatic heterocycles. The Morgan fingerprint density at radius 1 is 1.16 bits per heavy atom. The van der Waals surface area contributed by atoms with Crippen molar-refractivity contribution >= 4 is 5.97 Å². The first kappa shape index (κ1) is 15.6. The molecular formula is C14H23N3O2. The largest absolute Gasteiger partial charge is 0.480 e. The zero-order valence-electron chi connectivity index (χ0n) is 11.3. The number of nitrogens with two attached hydrogens (primary N) is 3. The maximum atomic E-state index is 10.7. The van der Waals surface area contributed by atoms with Crippen molar-refractivity contribution in [2.75, 3.05) is 0 Å². The van der Waals surface area contributed by atoms with Crippen molar-refractivity contribution in [3.05, 3.63) is 35.4 Å². The summed E-state index contributed by atoms with van der Waals surface area (Å²) >= 11 is 0. The second-order valence-corrected chi connectivity index (χ2v) is 5.05. The Kier molecular flexibility index (Phi) is 5.95. The molecule has 5 heteroatoms. The minimum Gasteiger partial charge on any atom is -0.480 e. The molecule has 0 fully saturated rings. The number of rotatable bonds is 7. The summed E-state index contributed by atoms with van der Waals surface area (Å²) in [6, 6.07) is 6.86. The highest BCUT2D eigenvalue weighted by Crippen LogP contribution is 2.17. The van der Waals surface area contributed by atoms with Crippen molar-refractivity contribution in [2.45, 2.75) is 44.3 Å². The molecule has 0 amide bonds. The second kappa shape index (κ2) is 7.23. The fourth-order valence-corrected chi connectivity index (χ4v) is 1.85. The van der Waals surface area contributed by atoms with Gasteiger partial charge in [-0.25, -0.2) is 0 Å². The molecule has 0 aromatic heterocycles. The Hall–Kier alpha value is -1.43. The van der Waals surface area contributed by atoms with E-state index in [0.717, 1.165) is 24.0 Å². The van der Waals surface area contributed by atoms with Crippen molar-refractivity contribution in [3.63, 3.8) is 0 Å². The van der Waals surface area contributed by atoms with E-state index in [1.807, 2.05) is 31.2 Å². The zero-order chi connectivity index (χ0) is 14.4. The minimum absolute atomic E-state index is 0.0341. The molecule has 1 rings (SSSR count). The van der Waals surface area contributed by atoms with Gasteiger partial charge in [-0.15, -0.1) is 0 Å². The highest BCUT2D eigenvalue weighted by molar-refractivity contribution is 5.73. The average Bonchev–Trinajstić information content (AvgIpc) is 2.36. The SMILES string of the molecule is CC(N)CCC(N)c1ccc(CC(N)C(=O)O)cc1. The Bertz CT molecular complexity index is 404. The van der Waals surface area contributed by atoms with E-state index in [-0.39, 0.29) is 12.1 Å². The molecule has 3 atom stereocenters. The first-order chi connectivity index (χ1) is 8.90. The van der Waals surface area contributed by atoms with Crippen LogP contribution in [0.3, 0.4) is 0 Å². The van der Waals surface area contributed by atoms with Gasteiger partial charge in [0.05, 0.1) is 0 Å². The molecule has 0 aliphatic carbocycles. The summed E-state index contributed by atoms with van der Waals surface area (Å²) in [4.78, 5) is 10.7. The van der Waals surface area contributed by atoms with Crippen molar-refractivity contribution in [2.24, 2.45) is 17.2 Å². The van der Waals surface area contributed by atoms with Gasteiger partial charge < -0.3 is 22.3 Å². The summed E-state index contributed by atoms with van der Waals surface area (Å²) < 4.78 is 0. The summed E-state index contributed by atoms with van der Waals surface area (Å²) in [5.74, 6) is -0.988. The van der Waals surface area contributed by atoms with Gasteiger partial charge >= 0.3 is 5.97 Å². The lowest BCUT2D eigenvalue weighted by atomic mass is 9.98. The van der Waals surface area contributed by atoms with Crippen LogP contribution in [0.25, 0.3) is 0 Å². The molecule has 0 radical (unpaired) electrons. The molecule has 0 saturated heterocycles. The van der Waals surface area contributed by atoms with Crippen LogP contribution in [0.15, 0.2) is 24.3 Å². The molecule has 1 aromatic carbocycles. The lowest BCUT2D eigenvalue weighted by Gasteiger charge is -2.14. The average molecular weight is 265 g/mol. The van der Waals surface area contributed by atoms with Crippen LogP contribution >= 0.6 is 0 Å². The number of carbonyl (C=O) groups is 1. The third-order valence-electron chi connectivity index (χ3n) is 3.11. The van der Waals surface area contributed by atoms with Gasteiger partial charge in [-0.3, -0.25) is 4.79 Å². The van der Waals surface area contributed by atoms with E-state index in [1.165, 1.54) is 0 Å². The first-order valence-corrected chi connectivity index (χ1v) is 6.48. The van der Waals surface area contributed by atoms with Crippen LogP contribution in [0.5, 0.6) is 0 Å². The smallest absolute Gasteiger partial charge is 0.320 e. The number of carboxylic acids is 1. The third-order valence-corrected chi connectivity index (χ3v) is 3.11. The topological polar surface area (TPSA) is 115 Å². The molecule has 0 saturated carbocycles. The van der Waals surface area contributed by atoms with Crippen molar-refractivity contribution in [1.82, 2.24) is 0 Å². The van der Waals surface area contributed by atoms with Crippen LogP contribution in [0.1, 0.15) is 36.9 Å². The van der Waals surface area contributed by atoms with Crippen molar-refractivity contribution < 1.29 is 9.90 Å². The molecule has 0 spiro atoms. The Labute approximate surface area is 113 Å². The van der Waals surface area contributed by atoms with E-state index in [2.05, 4.69) is 0 Å². The van der Waals surface area contributed by atoms with Crippen LogP contribution in [0.4, 0.5) is 0 Å². The van der Waals surface area contributed by atoms with E-state index < -0.39 is 12.0 Å². The summed E-state index contributed by atoms with van der Waals surface area (Å²) in [5, 5.41) is 8.75. The lowest BCUT2D eigenvalue weighted by molar-refractivity contribution is -0.138. The van der Waals surface area contributed by atoms with E-state index in [1.54, 1.807) is 0 Å². The summed E-state index contributed by atoms with van der Waals surface area (Å²) in [6.07, 6.45) is 2.04. The van der Waals surface area contributed by atoms with Crippen molar-refractivity contribution in [1.29, 1.82) is 0 Å². The van der Waals surface area contributed by atoms with Crippen LogP contribution < -0.4 is 17.2 Å². The molecule has 7 N–H and O–H groups in total. The minimum atomic E-state index is -0.988. The number of hydrogen-bond acceptors (Lipinski definition) is 4. The van der Waals surface area contributed by atoms with Crippen LogP contribution in [-0.4, -0.2) is 23.2 Å². The van der Waals surface area contributed by atoms with Gasteiger partial charge in [0.15, 0.2) is 0 Å². The van der Waals surface area contributed by atoms with Crippen molar-refractivity contribution in [3.8, 4) is 0 Å². The fraction of sp³-hybridized carbons (Fsp3) is 0.500. The number of aliphatic carboxylic acids is 1. The summed E-state index contributed by atoms with van der Waals surface area (Å²) in [5.41, 5.74) is 19.2. The quantitative estimate of drug-likeness (QED) is 0.581. The first-order valence-electron chi connectivity index (χ1n) is 6.48. The van der Waals surface area contributed by atoms with Crippen LogP contribution in [-0.2, 0) is 11.2 Å². The highest BCUT2D eigenvalue weighted by atomic mass is 16.4. The highest BCUT2D eigenvalue weighted by Gasteiger charge is 2.12. The molecule has 5 nitrogen and oxygen atoms in total. The molecular weight excluding hydrogens is 242 g/mol. The molecule has 0 bridgehead atoms. The third kappa shape index (κ3) is 5.38. The Morgan fingerprint density at radius 3 is 2.21 bits per heavy atom. The maximum absolute atomic E-state index is 10.7. The van der Waals surface area contributed by atoms with E-state index >= 15 is 0 Å². The Balaban J connectivity index is 2.58. The standard InChI is InChI=1S/C14H23N3O2/c1-9(15)2-7-12(16)11-5-3-10(4-6-11)8-13(17)14(18)19/h3-6,9,12-13H,2,7-8,15-17H2,1H3,(H,18,19). The predicted molar refractivity (Wildman–Crippen MR) is 75.6 cm³/mol. The van der Waals surface area contributed by atoms with Gasteiger partial charge in [0.25, 0.3) is 0 Å². The van der Waals surface area contributed by atoms with Gasteiger partial charge in [0.2, 0.25) is 0 Å². The molecule has 19 heavy (non-hydrogen) atoms. The van der Waals surface area contributed by atoms with Gasteiger partial charge in [-0.2, -0.15) is 0 Å². The Morgan fingerprint density at radius 2 is 1.74 bits per heavy atom. The molecule has 3 unspecified atom stereocenters. The normalized spacial score (nSPS) is 15.8. The lowest BCUT2D eigenvalue weighted by Crippen LogP contribution is -2.32. The molecule has 0 heterocycles. The van der Waals surface area contributed by atoms with Gasteiger partial charge in [-0.1, -0.05) is 24.3 Å². The molecule has 1 aromatic rings. The number of benzene rings is 1. The summed E-state index contributed by atoms with van der Waals surface area (Å²) in [6.45, 7) is 1.96. The number of hydrogen-bond donors (Lipinski definition) is 4. The molecule has 0 aliphatic rings. The summed E-state index contributed by atoms with van der Waals surface area (Å²) in [7, 11) is 0.